The van der Waals surface area contributed by atoms with E-state index in [2.05, 4.69) is 21.3 Å². The predicted octanol–water partition coefficient (Wildman–Crippen LogP) is -2.83. The van der Waals surface area contributed by atoms with Gasteiger partial charge in [-0.15, -0.1) is 0 Å². The van der Waals surface area contributed by atoms with E-state index < -0.39 is 24.3 Å². The Labute approximate surface area is 115 Å². The average Bonchev–Trinajstić information content (AvgIpc) is 2.94. The van der Waals surface area contributed by atoms with Crippen LogP contribution >= 0.6 is 0 Å². The first kappa shape index (κ1) is 15.9. The van der Waals surface area contributed by atoms with Gasteiger partial charge < -0.3 is 26.4 Å². The second-order valence-electron chi connectivity index (χ2n) is 4.31. The normalized spacial score (nSPS) is 17.3. The average molecular weight is 286 g/mol. The third-order valence-electron chi connectivity index (χ3n) is 2.68. The summed E-state index contributed by atoms with van der Waals surface area (Å²) in [6.07, 6.45) is 1.67. The molecule has 0 aromatic rings. The summed E-state index contributed by atoms with van der Waals surface area (Å²) in [6, 6.07) is -0.262. The molecule has 0 spiro atoms. The molecule has 1 fully saturated rings. The molecule has 1 aliphatic rings. The number of carbonyl (C=O) groups is 4. The molecular formula is C11H18N4O5. The molecule has 3 amide bonds. The quantitative estimate of drug-likeness (QED) is 0.342. The molecule has 1 rings (SSSR count). The largest absolute Gasteiger partial charge is 0.480 e. The van der Waals surface area contributed by atoms with Gasteiger partial charge in [0.1, 0.15) is 6.54 Å². The lowest BCUT2D eigenvalue weighted by Gasteiger charge is -2.11. The maximum atomic E-state index is 11.6. The Morgan fingerprint density at radius 1 is 1.00 bits per heavy atom. The molecule has 1 atom stereocenters. The van der Waals surface area contributed by atoms with Crippen LogP contribution in [-0.4, -0.2) is 61.0 Å². The van der Waals surface area contributed by atoms with Crippen LogP contribution in [0.2, 0.25) is 0 Å². The molecule has 20 heavy (non-hydrogen) atoms. The van der Waals surface area contributed by atoms with E-state index in [0.29, 0.717) is 0 Å². The summed E-state index contributed by atoms with van der Waals surface area (Å²) in [5.74, 6) is -2.53. The second-order valence-corrected chi connectivity index (χ2v) is 4.31. The van der Waals surface area contributed by atoms with E-state index in [4.69, 9.17) is 5.11 Å². The van der Waals surface area contributed by atoms with Crippen molar-refractivity contribution in [2.45, 2.75) is 18.9 Å². The molecule has 0 aliphatic carbocycles. The number of carboxylic acid groups (broad SMARTS) is 1. The highest BCUT2D eigenvalue weighted by Gasteiger charge is 2.21. The number of amides is 3. The number of carbonyl (C=O) groups excluding carboxylic acids is 3. The lowest BCUT2D eigenvalue weighted by molar-refractivity contribution is -0.137. The zero-order chi connectivity index (χ0) is 15.0. The van der Waals surface area contributed by atoms with Crippen molar-refractivity contribution in [2.75, 3.05) is 26.2 Å². The van der Waals surface area contributed by atoms with Crippen molar-refractivity contribution in [3.05, 3.63) is 0 Å². The van der Waals surface area contributed by atoms with E-state index in [1.54, 1.807) is 0 Å². The Balaban J connectivity index is 2.12. The third kappa shape index (κ3) is 6.14. The van der Waals surface area contributed by atoms with Crippen LogP contribution in [0, 0.1) is 0 Å². The minimum atomic E-state index is -1.17. The van der Waals surface area contributed by atoms with Gasteiger partial charge in [-0.2, -0.15) is 0 Å². The van der Waals surface area contributed by atoms with Gasteiger partial charge in [0.05, 0.1) is 19.1 Å². The standard InChI is InChI=1S/C11H18N4O5/c16-8(14-6-10(18)19)4-13-9(17)5-15-11(20)7-2-1-3-12-7/h7,12H,1-6H2,(H,13,17)(H,14,16)(H,15,20)(H,18,19)/t7-/m0/s1. The summed E-state index contributed by atoms with van der Waals surface area (Å²) in [7, 11) is 0. The summed E-state index contributed by atoms with van der Waals surface area (Å²) in [5, 5.41) is 18.2. The smallest absolute Gasteiger partial charge is 0.322 e. The molecule has 0 saturated carbocycles. The predicted molar refractivity (Wildman–Crippen MR) is 67.7 cm³/mol. The summed E-state index contributed by atoms with van der Waals surface area (Å²) in [4.78, 5) is 44.2. The highest BCUT2D eigenvalue weighted by Crippen LogP contribution is 2.03. The molecule has 9 nitrogen and oxygen atoms in total. The topological polar surface area (TPSA) is 137 Å². The first-order valence-electron chi connectivity index (χ1n) is 6.25. The van der Waals surface area contributed by atoms with Gasteiger partial charge >= 0.3 is 5.97 Å². The van der Waals surface area contributed by atoms with Crippen molar-refractivity contribution in [1.29, 1.82) is 0 Å². The summed E-state index contributed by atoms with van der Waals surface area (Å²) >= 11 is 0. The Bertz CT molecular complexity index is 392. The van der Waals surface area contributed by atoms with Gasteiger partial charge in [-0.05, 0) is 19.4 Å². The van der Waals surface area contributed by atoms with Crippen molar-refractivity contribution in [3.63, 3.8) is 0 Å². The van der Waals surface area contributed by atoms with Crippen LogP contribution in [0.5, 0.6) is 0 Å². The third-order valence-corrected chi connectivity index (χ3v) is 2.68. The highest BCUT2D eigenvalue weighted by atomic mass is 16.4. The fraction of sp³-hybridized carbons (Fsp3) is 0.636. The number of rotatable bonds is 7. The van der Waals surface area contributed by atoms with Crippen LogP contribution in [-0.2, 0) is 19.2 Å². The monoisotopic (exact) mass is 286 g/mol. The Morgan fingerprint density at radius 3 is 2.15 bits per heavy atom. The molecule has 5 N–H and O–H groups in total. The Morgan fingerprint density at radius 2 is 1.60 bits per heavy atom. The Kier molecular flexibility index (Phi) is 6.44. The van der Waals surface area contributed by atoms with Crippen molar-refractivity contribution < 1.29 is 24.3 Å². The minimum Gasteiger partial charge on any atom is -0.480 e. The van der Waals surface area contributed by atoms with E-state index in [0.717, 1.165) is 19.4 Å². The molecule has 1 aliphatic heterocycles. The van der Waals surface area contributed by atoms with Gasteiger partial charge in [-0.25, -0.2) is 0 Å². The number of hydrogen-bond donors (Lipinski definition) is 5. The van der Waals surface area contributed by atoms with Gasteiger partial charge in [0, 0.05) is 0 Å². The lowest BCUT2D eigenvalue weighted by atomic mass is 10.2. The fourth-order valence-electron chi connectivity index (χ4n) is 1.68. The second kappa shape index (κ2) is 8.10. The summed E-state index contributed by atoms with van der Waals surface area (Å²) in [6.45, 7) is -0.264. The van der Waals surface area contributed by atoms with Crippen LogP contribution in [0.1, 0.15) is 12.8 Å². The molecule has 0 aromatic carbocycles. The molecular weight excluding hydrogens is 268 g/mol. The number of aliphatic carboxylic acids is 1. The highest BCUT2D eigenvalue weighted by molar-refractivity contribution is 5.90. The lowest BCUT2D eigenvalue weighted by Crippen LogP contribution is -2.46. The van der Waals surface area contributed by atoms with E-state index in [1.165, 1.54) is 0 Å². The zero-order valence-corrected chi connectivity index (χ0v) is 10.9. The molecule has 112 valence electrons. The van der Waals surface area contributed by atoms with E-state index in [9.17, 15) is 19.2 Å². The first-order valence-corrected chi connectivity index (χ1v) is 6.25. The van der Waals surface area contributed by atoms with Gasteiger partial charge in [0.15, 0.2) is 0 Å². The molecule has 0 radical (unpaired) electrons. The van der Waals surface area contributed by atoms with E-state index in [-0.39, 0.29) is 25.0 Å². The van der Waals surface area contributed by atoms with Crippen molar-refractivity contribution >= 4 is 23.7 Å². The van der Waals surface area contributed by atoms with Crippen LogP contribution in [0.25, 0.3) is 0 Å². The van der Waals surface area contributed by atoms with Crippen LogP contribution < -0.4 is 21.3 Å². The zero-order valence-electron chi connectivity index (χ0n) is 10.9. The first-order chi connectivity index (χ1) is 9.49. The molecule has 1 saturated heterocycles. The number of carboxylic acids is 1. The Hall–Kier alpha value is -2.16. The van der Waals surface area contributed by atoms with E-state index in [1.807, 2.05) is 0 Å². The molecule has 0 aromatic heterocycles. The molecule has 1 heterocycles. The molecule has 0 unspecified atom stereocenters. The van der Waals surface area contributed by atoms with Crippen molar-refractivity contribution in [2.24, 2.45) is 0 Å². The van der Waals surface area contributed by atoms with Crippen LogP contribution in [0.3, 0.4) is 0 Å². The molecule has 9 heteroatoms. The van der Waals surface area contributed by atoms with Gasteiger partial charge in [-0.1, -0.05) is 0 Å². The SMILES string of the molecule is O=C(O)CNC(=O)CNC(=O)CNC(=O)[C@@H]1CCCN1. The number of hydrogen-bond acceptors (Lipinski definition) is 5. The fourth-order valence-corrected chi connectivity index (χ4v) is 1.68. The van der Waals surface area contributed by atoms with Crippen molar-refractivity contribution in [3.8, 4) is 0 Å². The van der Waals surface area contributed by atoms with Crippen LogP contribution in [0.4, 0.5) is 0 Å². The summed E-state index contributed by atoms with van der Waals surface area (Å²) < 4.78 is 0. The van der Waals surface area contributed by atoms with Crippen molar-refractivity contribution in [1.82, 2.24) is 21.3 Å². The minimum absolute atomic E-state index is 0.219. The molecule has 0 bridgehead atoms. The summed E-state index contributed by atoms with van der Waals surface area (Å²) in [5.41, 5.74) is 0. The number of nitrogens with one attached hydrogen (secondary N) is 4. The van der Waals surface area contributed by atoms with Gasteiger partial charge in [0.2, 0.25) is 17.7 Å². The van der Waals surface area contributed by atoms with E-state index >= 15 is 0 Å². The maximum Gasteiger partial charge on any atom is 0.322 e. The van der Waals surface area contributed by atoms with Gasteiger partial charge in [-0.3, -0.25) is 19.2 Å². The maximum absolute atomic E-state index is 11.6. The van der Waals surface area contributed by atoms with Crippen LogP contribution in [0.15, 0.2) is 0 Å². The van der Waals surface area contributed by atoms with Gasteiger partial charge in [0.25, 0.3) is 0 Å².